The molecule has 1 unspecified atom stereocenters. The number of hydrogen-bond acceptors (Lipinski definition) is 16. The fourth-order valence-electron chi connectivity index (χ4n) is 7.85. The molecule has 0 aliphatic carbocycles. The first kappa shape index (κ1) is 64.6. The molecular weight excluding hydrogens is 1020 g/mol. The number of carboxylic acid groups (broad SMARTS) is 1. The van der Waals surface area contributed by atoms with Crippen molar-refractivity contribution in [3.63, 3.8) is 0 Å². The van der Waals surface area contributed by atoms with Gasteiger partial charge in [-0.05, 0) is 82.0 Å². The molecule has 1 amide bonds. The number of hydrogen-bond donors (Lipinski definition) is 2. The van der Waals surface area contributed by atoms with Crippen LogP contribution in [0.3, 0.4) is 0 Å². The zero-order valence-corrected chi connectivity index (χ0v) is 50.5. The number of amides is 1. The van der Waals surface area contributed by atoms with E-state index in [9.17, 15) is 61.5 Å². The number of carbonyl (C=O) groups excluding carboxylic acids is 1. The number of nitrogens with zero attached hydrogens (tertiary/aromatic N) is 2. The van der Waals surface area contributed by atoms with Crippen LogP contribution in [-0.2, 0) is 65.6 Å². The smallest absolute Gasteiger partial charge is 0.748 e. The van der Waals surface area contributed by atoms with Crippen molar-refractivity contribution < 1.29 is 230 Å². The normalized spacial score (nSPS) is 17.6. The Bertz CT molecular complexity index is 2650. The topological polar surface area (TPSA) is 311 Å². The molecule has 2 aliphatic rings. The molecule has 2 aliphatic heterocycles. The maximum atomic E-state index is 12.3. The molecule has 0 saturated heterocycles. The number of fused-ring (bicyclic) bond motifs is 2. The molecule has 0 bridgehead atoms. The molecule has 66 heavy (non-hydrogen) atoms. The minimum atomic E-state index is -4.90. The summed E-state index contributed by atoms with van der Waals surface area (Å²) in [5.41, 5.74) is 1.23. The number of anilines is 1. The Morgan fingerprint density at radius 2 is 1.36 bits per heavy atom. The number of rotatable bonds is 24. The number of unbranched alkanes of at least 4 members (excludes halogenated alkanes) is 2. The maximum absolute atomic E-state index is 12.3. The molecule has 0 aromatic heterocycles. The molecule has 0 saturated carbocycles. The van der Waals surface area contributed by atoms with Crippen LogP contribution in [0.15, 0.2) is 82.3 Å². The first-order valence-corrected chi connectivity index (χ1v) is 25.7. The molecule has 4 rings (SSSR count). The van der Waals surface area contributed by atoms with Gasteiger partial charge in [-0.25, -0.2) is 38.5 Å². The van der Waals surface area contributed by atoms with E-state index in [2.05, 4.69) is 5.32 Å². The molecule has 2 N–H and O–H groups in total. The number of carbonyl (C=O) groups is 2. The summed E-state index contributed by atoms with van der Waals surface area (Å²) in [5, 5.41) is 11.3. The van der Waals surface area contributed by atoms with Gasteiger partial charge in [0, 0.05) is 71.9 Å². The van der Waals surface area contributed by atoms with E-state index >= 15 is 0 Å². The van der Waals surface area contributed by atoms with Gasteiger partial charge in [0.05, 0.1) is 42.0 Å². The molecule has 26 heteroatoms. The summed E-state index contributed by atoms with van der Waals surface area (Å²) in [6.45, 7) is 5.15. The second-order valence-corrected chi connectivity index (χ2v) is 21.6. The van der Waals surface area contributed by atoms with Crippen molar-refractivity contribution in [2.75, 3.05) is 49.3 Å². The van der Waals surface area contributed by atoms with Crippen molar-refractivity contribution in [2.45, 2.75) is 86.3 Å². The molecule has 348 valence electrons. The van der Waals surface area contributed by atoms with Crippen LogP contribution in [0.2, 0.25) is 0 Å². The van der Waals surface area contributed by atoms with Gasteiger partial charge < -0.3 is 38.3 Å². The first-order chi connectivity index (χ1) is 29.1. The standard InChI is InChI=1S/C40H53N3O16S4.3K/c1-39(2)31-26-29(62(53,54)55)15-17-33(31)42(21-10-24-60(47,48)49)35(39)12-6-4-7-13-36-40(3,19-9-5-8-14-37(44)41-20-23-59-28-38(45)46)32-27-30(63(56,57)58)16-18-34(32)43(36)22-11-25-61(50,51)52;;;/h4,6-7,12-13,15-18,26-27H,5,8-11,14,19-25,28H2,1-3H3,(H5-,41,44,45,46,47,48,49,50,51,52,53,54,55,56,57,58);;;/q;3*+1/p-3. The SMILES string of the molecule is CC1(C)C(/C=C/C=C/C=C2/N(CCCS(=O)(=O)[O-])c3ccc(S(=O)(=O)[O-])cc3C2(C)CCCCCC(=O)NCCOCC(=O)O)=[N+](CCCS(=O)(=O)[O-])c2ccc(S(=O)(=O)[O-])cc21.[K+].[K+].[K+]. The second-order valence-electron chi connectivity index (χ2n) is 15.8. The molecule has 0 radical (unpaired) electrons. The van der Waals surface area contributed by atoms with Crippen molar-refractivity contribution in [2.24, 2.45) is 0 Å². The molecule has 2 heterocycles. The average molecular weight is 1070 g/mol. The third-order valence-corrected chi connectivity index (χ3v) is 14.0. The summed E-state index contributed by atoms with van der Waals surface area (Å²) in [7, 11) is -18.9. The Labute approximate surface area is 515 Å². The van der Waals surface area contributed by atoms with Gasteiger partial charge in [0.25, 0.3) is 0 Å². The number of nitrogens with one attached hydrogen (secondary N) is 1. The Morgan fingerprint density at radius 3 is 1.95 bits per heavy atom. The number of carboxylic acids is 1. The average Bonchev–Trinajstić information content (AvgIpc) is 3.51. The molecule has 19 nitrogen and oxygen atoms in total. The summed E-state index contributed by atoms with van der Waals surface area (Å²) >= 11 is 0. The largest absolute Gasteiger partial charge is 1.00 e. The molecular formula is C40H50K3N3O16S4. The summed E-state index contributed by atoms with van der Waals surface area (Å²) < 4.78 is 148. The van der Waals surface area contributed by atoms with Crippen LogP contribution in [0, 0.1) is 0 Å². The number of benzene rings is 2. The van der Waals surface area contributed by atoms with Gasteiger partial charge in [0.15, 0.2) is 5.71 Å². The third kappa shape index (κ3) is 18.9. The molecule has 2 aromatic rings. The van der Waals surface area contributed by atoms with E-state index in [4.69, 9.17) is 9.84 Å². The van der Waals surface area contributed by atoms with Gasteiger partial charge in [-0.3, -0.25) is 4.79 Å². The number of ether oxygens (including phenoxy) is 1. The Hall–Kier alpha value is 0.579. The minimum Gasteiger partial charge on any atom is -0.748 e. The van der Waals surface area contributed by atoms with Crippen LogP contribution in [-0.4, -0.2) is 124 Å². The van der Waals surface area contributed by atoms with E-state index in [1.54, 1.807) is 53.7 Å². The zero-order chi connectivity index (χ0) is 47.0. The van der Waals surface area contributed by atoms with E-state index in [-0.39, 0.29) is 206 Å². The van der Waals surface area contributed by atoms with Crippen LogP contribution in [0.1, 0.15) is 76.8 Å². The van der Waals surface area contributed by atoms with Crippen LogP contribution >= 0.6 is 0 Å². The molecule has 1 atom stereocenters. The van der Waals surface area contributed by atoms with Crippen molar-refractivity contribution in [3.8, 4) is 0 Å². The van der Waals surface area contributed by atoms with Crippen LogP contribution in [0.5, 0.6) is 0 Å². The van der Waals surface area contributed by atoms with Crippen molar-refractivity contribution in [1.82, 2.24) is 5.32 Å². The van der Waals surface area contributed by atoms with Crippen LogP contribution < -0.4 is 164 Å². The van der Waals surface area contributed by atoms with E-state index in [1.165, 1.54) is 24.3 Å². The summed E-state index contributed by atoms with van der Waals surface area (Å²) in [6, 6.07) is 7.75. The predicted octanol–water partition coefficient (Wildman–Crippen LogP) is -6.30. The summed E-state index contributed by atoms with van der Waals surface area (Å²) in [6.07, 6.45) is 10.3. The fourth-order valence-corrected chi connectivity index (χ4v) is 9.81. The monoisotopic (exact) mass is 1070 g/mol. The molecule has 0 spiro atoms. The van der Waals surface area contributed by atoms with Gasteiger partial charge in [0.2, 0.25) is 11.6 Å². The Morgan fingerprint density at radius 1 is 0.773 bits per heavy atom. The van der Waals surface area contributed by atoms with E-state index in [0.717, 1.165) is 12.1 Å². The molecule has 2 aromatic carbocycles. The van der Waals surface area contributed by atoms with E-state index in [0.29, 0.717) is 59.6 Å². The minimum absolute atomic E-state index is 0. The number of allylic oxidation sites excluding steroid dienone is 6. The van der Waals surface area contributed by atoms with Gasteiger partial charge >= 0.3 is 160 Å². The van der Waals surface area contributed by atoms with Crippen molar-refractivity contribution in [3.05, 3.63) is 83.6 Å². The summed E-state index contributed by atoms with van der Waals surface area (Å²) in [4.78, 5) is 23.8. The summed E-state index contributed by atoms with van der Waals surface area (Å²) in [5.74, 6) is -2.73. The Kier molecular flexibility index (Phi) is 27.0. The Balaban J connectivity index is 0.00000726. The van der Waals surface area contributed by atoms with Crippen LogP contribution in [0.25, 0.3) is 0 Å². The quantitative estimate of drug-likeness (QED) is 0.0325. The first-order valence-electron chi connectivity index (χ1n) is 19.8. The van der Waals surface area contributed by atoms with Gasteiger partial charge in [-0.1, -0.05) is 31.1 Å². The number of aliphatic carboxylic acids is 1. The third-order valence-electron chi connectivity index (χ3n) is 10.8. The maximum Gasteiger partial charge on any atom is 1.00 e. The predicted molar refractivity (Wildman–Crippen MR) is 226 cm³/mol. The van der Waals surface area contributed by atoms with Crippen LogP contribution in [0.4, 0.5) is 11.4 Å². The van der Waals surface area contributed by atoms with Gasteiger partial charge in [0.1, 0.15) is 33.4 Å². The zero-order valence-electron chi connectivity index (χ0n) is 37.8. The van der Waals surface area contributed by atoms with Gasteiger partial charge in [-0.15, -0.1) is 0 Å². The van der Waals surface area contributed by atoms with E-state index < -0.39 is 85.2 Å². The van der Waals surface area contributed by atoms with Crippen molar-refractivity contribution in [1.29, 1.82) is 0 Å². The second kappa shape index (κ2) is 27.6. The van der Waals surface area contributed by atoms with Gasteiger partial charge in [-0.2, -0.15) is 4.58 Å². The van der Waals surface area contributed by atoms with E-state index in [1.807, 2.05) is 6.92 Å². The molecule has 0 fully saturated rings. The van der Waals surface area contributed by atoms with Crippen molar-refractivity contribution >= 4 is 69.4 Å². The fraction of sp³-hybridized carbons (Fsp3) is 0.475.